The number of esters is 1. The van der Waals surface area contributed by atoms with Crippen LogP contribution in [0.2, 0.25) is 0 Å². The number of para-hydroxylation sites is 1. The standard InChI is InChI=1S/C25H22ClN5O6S/c1-3-14-37-24(34)18-6-4-5-7-19(18)31-22(32)20(26)21(23(31)33)29-16-8-10-17(11-9-16)38(35,36)30-25-27-13-12-15(2)28-25/h4-13,29H,3,14H2,1-2H3,(H,27,28,30). The van der Waals surface area contributed by atoms with Crippen LogP contribution in [0.3, 0.4) is 0 Å². The van der Waals surface area contributed by atoms with Crippen molar-refractivity contribution < 1.29 is 27.5 Å². The lowest BCUT2D eigenvalue weighted by Gasteiger charge is -2.18. The van der Waals surface area contributed by atoms with Crippen molar-refractivity contribution in [1.82, 2.24) is 9.97 Å². The van der Waals surface area contributed by atoms with E-state index in [-0.39, 0.29) is 39.4 Å². The summed E-state index contributed by atoms with van der Waals surface area (Å²) in [5.41, 5.74) is 0.725. The van der Waals surface area contributed by atoms with E-state index in [4.69, 9.17) is 16.3 Å². The average molecular weight is 556 g/mol. The summed E-state index contributed by atoms with van der Waals surface area (Å²) in [5, 5.41) is 2.38. The molecular weight excluding hydrogens is 534 g/mol. The molecule has 1 aliphatic heterocycles. The third-order valence-corrected chi connectivity index (χ3v) is 6.98. The molecule has 196 valence electrons. The Hall–Kier alpha value is -4.29. The normalized spacial score (nSPS) is 13.6. The molecule has 2 heterocycles. The van der Waals surface area contributed by atoms with Crippen molar-refractivity contribution in [1.29, 1.82) is 0 Å². The van der Waals surface area contributed by atoms with Crippen LogP contribution in [0.4, 0.5) is 17.3 Å². The number of aromatic nitrogens is 2. The zero-order valence-corrected chi connectivity index (χ0v) is 21.8. The van der Waals surface area contributed by atoms with E-state index in [9.17, 15) is 22.8 Å². The molecule has 13 heteroatoms. The second kappa shape index (κ2) is 11.0. The molecule has 2 aromatic carbocycles. The Labute approximate surface area is 223 Å². The lowest BCUT2D eigenvalue weighted by atomic mass is 10.1. The summed E-state index contributed by atoms with van der Waals surface area (Å²) in [6.07, 6.45) is 2.03. The van der Waals surface area contributed by atoms with Gasteiger partial charge in [-0.25, -0.2) is 32.8 Å². The first-order valence-electron chi connectivity index (χ1n) is 11.4. The molecule has 0 bridgehead atoms. The number of nitrogens with one attached hydrogen (secondary N) is 2. The Balaban J connectivity index is 1.54. The molecule has 0 atom stereocenters. The fourth-order valence-corrected chi connectivity index (χ4v) is 4.65. The molecule has 0 aliphatic carbocycles. The number of aryl methyl sites for hydroxylation is 1. The number of anilines is 3. The minimum absolute atomic E-state index is 0.0319. The van der Waals surface area contributed by atoms with E-state index >= 15 is 0 Å². The first kappa shape index (κ1) is 26.8. The van der Waals surface area contributed by atoms with Gasteiger partial charge in [-0.3, -0.25) is 9.59 Å². The van der Waals surface area contributed by atoms with Crippen molar-refractivity contribution in [3.8, 4) is 0 Å². The number of ether oxygens (including phenoxy) is 1. The molecule has 3 aromatic rings. The van der Waals surface area contributed by atoms with Gasteiger partial charge in [0.1, 0.15) is 10.7 Å². The van der Waals surface area contributed by atoms with Crippen LogP contribution in [0, 0.1) is 6.92 Å². The van der Waals surface area contributed by atoms with Gasteiger partial charge in [-0.05, 0) is 55.8 Å². The first-order chi connectivity index (χ1) is 18.1. The number of hydrogen-bond acceptors (Lipinski definition) is 9. The van der Waals surface area contributed by atoms with Gasteiger partial charge < -0.3 is 10.1 Å². The van der Waals surface area contributed by atoms with E-state index in [1.807, 2.05) is 6.92 Å². The summed E-state index contributed by atoms with van der Waals surface area (Å²) in [6.45, 7) is 3.72. The Morgan fingerprint density at radius 2 is 1.76 bits per heavy atom. The molecule has 0 saturated carbocycles. The SMILES string of the molecule is CCCOC(=O)c1ccccc1N1C(=O)C(Cl)=C(Nc2ccc(S(=O)(=O)Nc3nccc(C)n3)cc2)C1=O. The molecular formula is C25H22ClN5O6S. The monoisotopic (exact) mass is 555 g/mol. The molecule has 0 unspecified atom stereocenters. The van der Waals surface area contributed by atoms with Crippen LogP contribution in [0.15, 0.2) is 76.4 Å². The van der Waals surface area contributed by atoms with Crippen molar-refractivity contribution in [2.75, 3.05) is 21.5 Å². The lowest BCUT2D eigenvalue weighted by molar-refractivity contribution is -0.120. The zero-order chi connectivity index (χ0) is 27.4. The molecule has 2 N–H and O–H groups in total. The maximum atomic E-state index is 13.2. The fraction of sp³-hybridized carbons (Fsp3) is 0.160. The highest BCUT2D eigenvalue weighted by Gasteiger charge is 2.40. The van der Waals surface area contributed by atoms with Crippen molar-refractivity contribution >= 4 is 56.7 Å². The minimum Gasteiger partial charge on any atom is -0.462 e. The summed E-state index contributed by atoms with van der Waals surface area (Å²) < 4.78 is 32.8. The number of sulfonamides is 1. The van der Waals surface area contributed by atoms with Crippen molar-refractivity contribution in [3.63, 3.8) is 0 Å². The summed E-state index contributed by atoms with van der Waals surface area (Å²) in [4.78, 5) is 47.2. The zero-order valence-electron chi connectivity index (χ0n) is 20.3. The van der Waals surface area contributed by atoms with Crippen molar-refractivity contribution in [2.24, 2.45) is 0 Å². The Morgan fingerprint density at radius 3 is 2.45 bits per heavy atom. The second-order valence-electron chi connectivity index (χ2n) is 8.06. The van der Waals surface area contributed by atoms with Crippen molar-refractivity contribution in [2.45, 2.75) is 25.2 Å². The number of carbonyl (C=O) groups is 3. The van der Waals surface area contributed by atoms with Gasteiger partial charge in [0, 0.05) is 17.6 Å². The quantitative estimate of drug-likeness (QED) is 0.298. The number of amides is 2. The Bertz CT molecular complexity index is 1560. The van der Waals surface area contributed by atoms with Crippen LogP contribution in [-0.4, -0.2) is 42.8 Å². The highest BCUT2D eigenvalue weighted by molar-refractivity contribution is 7.92. The molecule has 2 amide bonds. The number of nitrogens with zero attached hydrogens (tertiary/aromatic N) is 3. The number of carbonyl (C=O) groups excluding carboxylic acids is 3. The van der Waals surface area contributed by atoms with Gasteiger partial charge in [0.2, 0.25) is 5.95 Å². The van der Waals surface area contributed by atoms with E-state index in [1.165, 1.54) is 42.6 Å². The van der Waals surface area contributed by atoms with Gasteiger partial charge in [-0.15, -0.1) is 0 Å². The number of halogens is 1. The predicted octanol–water partition coefficient (Wildman–Crippen LogP) is 3.59. The topological polar surface area (TPSA) is 148 Å². The second-order valence-corrected chi connectivity index (χ2v) is 10.1. The van der Waals surface area contributed by atoms with E-state index in [0.717, 1.165) is 4.90 Å². The van der Waals surface area contributed by atoms with Gasteiger partial charge in [0.15, 0.2) is 0 Å². The van der Waals surface area contributed by atoms with Crippen LogP contribution in [0.25, 0.3) is 0 Å². The molecule has 11 nitrogen and oxygen atoms in total. The van der Waals surface area contributed by atoms with Crippen LogP contribution >= 0.6 is 11.6 Å². The Kier molecular flexibility index (Phi) is 7.74. The summed E-state index contributed by atoms with van der Waals surface area (Å²) >= 11 is 6.21. The highest BCUT2D eigenvalue weighted by Crippen LogP contribution is 2.32. The van der Waals surface area contributed by atoms with Crippen LogP contribution in [0.1, 0.15) is 29.4 Å². The van der Waals surface area contributed by atoms with Crippen LogP contribution in [-0.2, 0) is 24.3 Å². The molecule has 0 radical (unpaired) electrons. The largest absolute Gasteiger partial charge is 0.462 e. The summed E-state index contributed by atoms with van der Waals surface area (Å²) in [6, 6.07) is 13.1. The molecule has 1 aliphatic rings. The maximum Gasteiger partial charge on any atom is 0.340 e. The van der Waals surface area contributed by atoms with Gasteiger partial charge in [0.25, 0.3) is 21.8 Å². The molecule has 0 spiro atoms. The van der Waals surface area contributed by atoms with Gasteiger partial charge in [-0.2, -0.15) is 0 Å². The minimum atomic E-state index is -3.98. The Morgan fingerprint density at radius 1 is 1.05 bits per heavy atom. The van der Waals surface area contributed by atoms with E-state index in [2.05, 4.69) is 20.0 Å². The summed E-state index contributed by atoms with van der Waals surface area (Å²) in [5.74, 6) is -2.36. The number of hydrogen-bond donors (Lipinski definition) is 2. The molecule has 38 heavy (non-hydrogen) atoms. The van der Waals surface area contributed by atoms with Crippen LogP contribution < -0.4 is 14.9 Å². The third-order valence-electron chi connectivity index (χ3n) is 5.28. The predicted molar refractivity (Wildman–Crippen MR) is 140 cm³/mol. The smallest absolute Gasteiger partial charge is 0.340 e. The highest BCUT2D eigenvalue weighted by atomic mass is 35.5. The first-order valence-corrected chi connectivity index (χ1v) is 13.2. The number of imide groups is 1. The van der Waals surface area contributed by atoms with E-state index in [1.54, 1.807) is 25.1 Å². The number of rotatable bonds is 9. The molecule has 0 fully saturated rings. The fourth-order valence-electron chi connectivity index (χ4n) is 3.48. The molecule has 0 saturated heterocycles. The number of benzene rings is 2. The van der Waals surface area contributed by atoms with Gasteiger partial charge in [-0.1, -0.05) is 30.7 Å². The van der Waals surface area contributed by atoms with E-state index < -0.39 is 27.8 Å². The average Bonchev–Trinajstić information content (AvgIpc) is 3.10. The molecule has 4 rings (SSSR count). The summed E-state index contributed by atoms with van der Waals surface area (Å²) in [7, 11) is -3.98. The van der Waals surface area contributed by atoms with Crippen LogP contribution in [0.5, 0.6) is 0 Å². The van der Waals surface area contributed by atoms with Gasteiger partial charge >= 0.3 is 5.97 Å². The maximum absolute atomic E-state index is 13.2. The lowest BCUT2D eigenvalue weighted by Crippen LogP contribution is -2.33. The van der Waals surface area contributed by atoms with E-state index in [0.29, 0.717) is 17.8 Å². The van der Waals surface area contributed by atoms with Crippen molar-refractivity contribution in [3.05, 3.63) is 82.8 Å². The third kappa shape index (κ3) is 5.50. The molecule has 1 aromatic heterocycles. The van der Waals surface area contributed by atoms with Gasteiger partial charge in [0.05, 0.1) is 22.8 Å².